The van der Waals surface area contributed by atoms with Crippen molar-refractivity contribution in [3.63, 3.8) is 0 Å². The topological polar surface area (TPSA) is 67.9 Å². The van der Waals surface area contributed by atoms with E-state index in [1.165, 1.54) is 7.11 Å². The summed E-state index contributed by atoms with van der Waals surface area (Å²) in [5.41, 5.74) is -0.525. The number of rotatable bonds is 2. The number of alkyl carbamates (subject to hydrolysis) is 1. The van der Waals surface area contributed by atoms with Gasteiger partial charge in [0.25, 0.3) is 0 Å². The monoisotopic (exact) mass is 286 g/mol. The molecule has 1 N–H and O–H groups in total. The molecule has 1 fully saturated rings. The molecule has 1 aliphatic rings. The molecule has 1 saturated heterocycles. The summed E-state index contributed by atoms with van der Waals surface area (Å²) >= 11 is 0. The number of nitrogens with zero attached hydrogens (tertiary/aromatic N) is 1. The smallest absolute Gasteiger partial charge is 0.407 e. The summed E-state index contributed by atoms with van der Waals surface area (Å²) in [5.74, 6) is -0.268. The summed E-state index contributed by atoms with van der Waals surface area (Å²) < 4.78 is 10.1. The largest absolute Gasteiger partial charge is 0.468 e. The Bertz CT molecular complexity index is 365. The molecule has 2 unspecified atom stereocenters. The van der Waals surface area contributed by atoms with Crippen LogP contribution < -0.4 is 5.32 Å². The summed E-state index contributed by atoms with van der Waals surface area (Å²) in [5, 5.41) is 2.84. The molecule has 1 amide bonds. The van der Waals surface area contributed by atoms with Gasteiger partial charge in [-0.15, -0.1) is 0 Å². The quantitative estimate of drug-likeness (QED) is 0.780. The number of hydrogen-bond acceptors (Lipinski definition) is 5. The minimum Gasteiger partial charge on any atom is -0.468 e. The molecule has 1 aliphatic heterocycles. The zero-order chi connectivity index (χ0) is 15.5. The highest BCUT2D eigenvalue weighted by Crippen LogP contribution is 2.23. The van der Waals surface area contributed by atoms with Crippen molar-refractivity contribution < 1.29 is 19.1 Å². The lowest BCUT2D eigenvalue weighted by Gasteiger charge is -2.40. The number of carbonyl (C=O) groups excluding carboxylic acids is 2. The summed E-state index contributed by atoms with van der Waals surface area (Å²) in [6.45, 7) is 7.49. The minimum absolute atomic E-state index is 0.0832. The molecule has 6 heteroatoms. The Morgan fingerprint density at radius 1 is 1.25 bits per heavy atom. The van der Waals surface area contributed by atoms with Crippen LogP contribution >= 0.6 is 0 Å². The maximum atomic E-state index is 11.8. The molecule has 1 rings (SSSR count). The van der Waals surface area contributed by atoms with Crippen molar-refractivity contribution in [2.45, 2.75) is 64.3 Å². The first-order valence-corrected chi connectivity index (χ1v) is 6.93. The Labute approximate surface area is 120 Å². The van der Waals surface area contributed by atoms with Crippen molar-refractivity contribution in [1.29, 1.82) is 0 Å². The summed E-state index contributed by atoms with van der Waals surface area (Å²) in [6.07, 6.45) is 0.874. The van der Waals surface area contributed by atoms with Crippen molar-refractivity contribution in [2.75, 3.05) is 14.2 Å². The molecule has 0 aromatic carbocycles. The van der Waals surface area contributed by atoms with Gasteiger partial charge in [-0.1, -0.05) is 0 Å². The molecule has 20 heavy (non-hydrogen) atoms. The maximum Gasteiger partial charge on any atom is 0.407 e. The molecule has 0 bridgehead atoms. The Morgan fingerprint density at radius 3 is 2.35 bits per heavy atom. The molecule has 0 aliphatic carbocycles. The highest BCUT2D eigenvalue weighted by Gasteiger charge is 2.37. The zero-order valence-corrected chi connectivity index (χ0v) is 13.2. The molecule has 0 aromatic rings. The number of carbonyl (C=O) groups is 2. The van der Waals surface area contributed by atoms with Crippen molar-refractivity contribution in [2.24, 2.45) is 0 Å². The van der Waals surface area contributed by atoms with Crippen LogP contribution in [0.3, 0.4) is 0 Å². The second-order valence-corrected chi connectivity index (χ2v) is 6.37. The van der Waals surface area contributed by atoms with Gasteiger partial charge >= 0.3 is 12.1 Å². The molecule has 0 saturated carbocycles. The average molecular weight is 286 g/mol. The first kappa shape index (κ1) is 16.8. The number of ether oxygens (including phenoxy) is 2. The van der Waals surface area contributed by atoms with Crippen LogP contribution in [-0.4, -0.2) is 54.8 Å². The lowest BCUT2D eigenvalue weighted by molar-refractivity contribution is -0.149. The lowest BCUT2D eigenvalue weighted by Crippen LogP contribution is -2.55. The third kappa shape index (κ3) is 4.67. The normalized spacial score (nSPS) is 27.8. The van der Waals surface area contributed by atoms with Gasteiger partial charge in [0, 0.05) is 12.1 Å². The molecule has 6 nitrogen and oxygen atoms in total. The van der Waals surface area contributed by atoms with Crippen LogP contribution in [0, 0.1) is 0 Å². The second-order valence-electron chi connectivity index (χ2n) is 6.37. The molecule has 1 heterocycles. The highest BCUT2D eigenvalue weighted by molar-refractivity contribution is 5.76. The van der Waals surface area contributed by atoms with Gasteiger partial charge in [0.1, 0.15) is 11.6 Å². The van der Waals surface area contributed by atoms with Gasteiger partial charge in [0.05, 0.1) is 7.11 Å². The van der Waals surface area contributed by atoms with E-state index in [1.807, 2.05) is 39.6 Å². The van der Waals surface area contributed by atoms with E-state index in [0.29, 0.717) is 6.42 Å². The minimum atomic E-state index is -0.525. The van der Waals surface area contributed by atoms with Crippen LogP contribution in [-0.2, 0) is 14.3 Å². The number of hydrogen-bond donors (Lipinski definition) is 1. The van der Waals surface area contributed by atoms with Gasteiger partial charge < -0.3 is 14.8 Å². The van der Waals surface area contributed by atoms with Gasteiger partial charge in [-0.3, -0.25) is 9.69 Å². The van der Waals surface area contributed by atoms with Crippen LogP contribution in [0.25, 0.3) is 0 Å². The van der Waals surface area contributed by atoms with Gasteiger partial charge in [0.2, 0.25) is 0 Å². The van der Waals surface area contributed by atoms with E-state index < -0.39 is 11.7 Å². The van der Waals surface area contributed by atoms with Gasteiger partial charge in [-0.25, -0.2) is 4.79 Å². The van der Waals surface area contributed by atoms with E-state index in [0.717, 1.165) is 6.42 Å². The predicted molar refractivity (Wildman–Crippen MR) is 75.4 cm³/mol. The van der Waals surface area contributed by atoms with Crippen LogP contribution in [0.5, 0.6) is 0 Å². The molecule has 0 aromatic heterocycles. The van der Waals surface area contributed by atoms with Crippen LogP contribution in [0.2, 0.25) is 0 Å². The predicted octanol–water partition coefficient (Wildman–Crippen LogP) is 1.54. The maximum absolute atomic E-state index is 11.8. The van der Waals surface area contributed by atoms with E-state index in [4.69, 9.17) is 9.47 Å². The van der Waals surface area contributed by atoms with E-state index in [1.54, 1.807) is 0 Å². The second kappa shape index (κ2) is 6.43. The van der Waals surface area contributed by atoms with Crippen LogP contribution in [0.15, 0.2) is 0 Å². The van der Waals surface area contributed by atoms with Crippen LogP contribution in [0.1, 0.15) is 40.5 Å². The van der Waals surface area contributed by atoms with Crippen molar-refractivity contribution >= 4 is 12.1 Å². The summed E-state index contributed by atoms with van der Waals surface area (Å²) in [6, 6.07) is -0.225. The first-order valence-electron chi connectivity index (χ1n) is 6.93. The van der Waals surface area contributed by atoms with E-state index >= 15 is 0 Å². The van der Waals surface area contributed by atoms with E-state index in [2.05, 4.69) is 5.32 Å². The Balaban J connectivity index is 2.63. The molecular weight excluding hydrogens is 260 g/mol. The Kier molecular flexibility index (Phi) is 5.39. The van der Waals surface area contributed by atoms with Crippen molar-refractivity contribution in [1.82, 2.24) is 10.2 Å². The van der Waals surface area contributed by atoms with E-state index in [9.17, 15) is 9.59 Å². The lowest BCUT2D eigenvalue weighted by atomic mass is 9.92. The number of piperidine rings is 1. The molecule has 0 spiro atoms. The van der Waals surface area contributed by atoms with Crippen molar-refractivity contribution in [3.05, 3.63) is 0 Å². The average Bonchev–Trinajstić information content (AvgIpc) is 2.30. The summed E-state index contributed by atoms with van der Waals surface area (Å²) in [4.78, 5) is 25.6. The molecule has 0 radical (unpaired) electrons. The van der Waals surface area contributed by atoms with Crippen LogP contribution in [0.4, 0.5) is 4.79 Å². The number of likely N-dealkylation sites (tertiary alicyclic amines) is 1. The van der Waals surface area contributed by atoms with Gasteiger partial charge in [0.15, 0.2) is 0 Å². The number of likely N-dealkylation sites (N-methyl/N-ethyl adjacent to an activating group) is 1. The molecule has 3 atom stereocenters. The number of esters is 1. The zero-order valence-electron chi connectivity index (χ0n) is 13.2. The highest BCUT2D eigenvalue weighted by atomic mass is 16.6. The first-order chi connectivity index (χ1) is 9.14. The fraction of sp³-hybridized carbons (Fsp3) is 0.857. The molecular formula is C14H26N2O4. The number of amides is 1. The van der Waals surface area contributed by atoms with Gasteiger partial charge in [-0.2, -0.15) is 0 Å². The third-order valence-electron chi connectivity index (χ3n) is 3.51. The van der Waals surface area contributed by atoms with E-state index in [-0.39, 0.29) is 24.1 Å². The number of nitrogens with one attached hydrogen (secondary N) is 1. The third-order valence-corrected chi connectivity index (χ3v) is 3.51. The SMILES string of the molecule is COC(=O)[C@@H]1CC(NC(=O)OC(C)(C)C)CC(C)N1C. The molecule has 116 valence electrons. The summed E-state index contributed by atoms with van der Waals surface area (Å²) in [7, 11) is 3.28. The fourth-order valence-corrected chi connectivity index (χ4v) is 2.41. The Morgan fingerprint density at radius 2 is 1.85 bits per heavy atom. The standard InChI is InChI=1S/C14H26N2O4/c1-9-7-10(15-13(18)20-14(2,3)4)8-11(16(9)5)12(17)19-6/h9-11H,7-8H2,1-6H3,(H,15,18)/t9?,10?,11-/m0/s1. The van der Waals surface area contributed by atoms with Crippen molar-refractivity contribution in [3.8, 4) is 0 Å². The Hall–Kier alpha value is -1.30. The van der Waals surface area contributed by atoms with Gasteiger partial charge in [-0.05, 0) is 47.6 Å². The number of methoxy groups -OCH3 is 1. The fourth-order valence-electron chi connectivity index (χ4n) is 2.41.